The molecule has 1 heterocycles. The predicted molar refractivity (Wildman–Crippen MR) is 87.8 cm³/mol. The smallest absolute Gasteiger partial charge is 0.392 e. The predicted octanol–water partition coefficient (Wildman–Crippen LogP) is 2.61. The highest BCUT2D eigenvalue weighted by atomic mass is 16.4. The van der Waals surface area contributed by atoms with E-state index in [1.165, 1.54) is 11.1 Å². The van der Waals surface area contributed by atoms with Crippen LogP contribution in [0.4, 0.5) is 0 Å². The topological polar surface area (TPSA) is 62.1 Å². The summed E-state index contributed by atoms with van der Waals surface area (Å²) in [6, 6.07) is 20.7. The number of nitrogens with one attached hydrogen (secondary N) is 1. The molecule has 3 aromatic rings. The molecular formula is C18H19N3O2. The molecule has 5 nitrogen and oxygen atoms in total. The third-order valence-corrected chi connectivity index (χ3v) is 3.62. The molecule has 5 heteroatoms. The molecule has 0 saturated heterocycles. The van der Waals surface area contributed by atoms with Gasteiger partial charge in [-0.15, -0.1) is 5.10 Å². The van der Waals surface area contributed by atoms with Crippen LogP contribution in [0, 0.1) is 0 Å². The van der Waals surface area contributed by atoms with Crippen LogP contribution in [-0.4, -0.2) is 21.6 Å². The second-order valence-electron chi connectivity index (χ2n) is 5.44. The molecule has 118 valence electrons. The third kappa shape index (κ3) is 4.66. The summed E-state index contributed by atoms with van der Waals surface area (Å²) in [5, 5.41) is 6.17. The Bertz CT molecular complexity index is 724. The SMILES string of the molecule is O=c1[nH]nc(CCN(Cc2ccccc2)Cc2ccccc2)o1. The molecule has 0 radical (unpaired) electrons. The number of benzene rings is 2. The summed E-state index contributed by atoms with van der Waals surface area (Å²) < 4.78 is 4.99. The number of hydrogen-bond donors (Lipinski definition) is 1. The van der Waals surface area contributed by atoms with E-state index in [0.29, 0.717) is 12.3 Å². The van der Waals surface area contributed by atoms with Gasteiger partial charge in [0.15, 0.2) is 0 Å². The quantitative estimate of drug-likeness (QED) is 0.729. The van der Waals surface area contributed by atoms with E-state index in [2.05, 4.69) is 39.4 Å². The molecule has 0 spiro atoms. The molecule has 1 aromatic heterocycles. The number of aromatic amines is 1. The summed E-state index contributed by atoms with van der Waals surface area (Å²) >= 11 is 0. The van der Waals surface area contributed by atoms with Crippen molar-refractivity contribution in [2.45, 2.75) is 19.5 Å². The van der Waals surface area contributed by atoms with Gasteiger partial charge < -0.3 is 4.42 Å². The summed E-state index contributed by atoms with van der Waals surface area (Å²) in [6.45, 7) is 2.44. The third-order valence-electron chi connectivity index (χ3n) is 3.62. The van der Waals surface area contributed by atoms with Crippen LogP contribution in [0.5, 0.6) is 0 Å². The van der Waals surface area contributed by atoms with Crippen molar-refractivity contribution >= 4 is 0 Å². The lowest BCUT2D eigenvalue weighted by Gasteiger charge is -2.22. The standard InChI is InChI=1S/C18H19N3O2/c22-18-20-19-17(23-18)11-12-21(13-15-7-3-1-4-8-15)14-16-9-5-2-6-10-16/h1-10H,11-14H2,(H,20,22). The molecule has 3 rings (SSSR count). The fourth-order valence-corrected chi connectivity index (χ4v) is 2.52. The first-order valence-electron chi connectivity index (χ1n) is 7.64. The minimum atomic E-state index is -0.502. The van der Waals surface area contributed by atoms with Crippen molar-refractivity contribution in [1.29, 1.82) is 0 Å². The highest BCUT2D eigenvalue weighted by molar-refractivity contribution is 5.17. The minimum Gasteiger partial charge on any atom is -0.392 e. The van der Waals surface area contributed by atoms with E-state index in [9.17, 15) is 4.79 Å². The van der Waals surface area contributed by atoms with Crippen molar-refractivity contribution in [3.63, 3.8) is 0 Å². The van der Waals surface area contributed by atoms with Crippen LogP contribution in [-0.2, 0) is 19.5 Å². The second-order valence-corrected chi connectivity index (χ2v) is 5.44. The van der Waals surface area contributed by atoms with E-state index in [-0.39, 0.29) is 0 Å². The van der Waals surface area contributed by atoms with Gasteiger partial charge in [0.25, 0.3) is 0 Å². The maximum absolute atomic E-state index is 11.0. The number of nitrogens with zero attached hydrogens (tertiary/aromatic N) is 2. The van der Waals surface area contributed by atoms with E-state index in [1.54, 1.807) is 0 Å². The zero-order valence-electron chi connectivity index (χ0n) is 12.8. The lowest BCUT2D eigenvalue weighted by atomic mass is 10.1. The minimum absolute atomic E-state index is 0.445. The zero-order valence-corrected chi connectivity index (χ0v) is 12.8. The van der Waals surface area contributed by atoms with Crippen LogP contribution in [0.2, 0.25) is 0 Å². The molecule has 0 atom stereocenters. The molecule has 1 N–H and O–H groups in total. The summed E-state index contributed by atoms with van der Waals surface area (Å²) in [5.41, 5.74) is 2.51. The normalized spacial score (nSPS) is 11.0. The fraction of sp³-hybridized carbons (Fsp3) is 0.222. The van der Waals surface area contributed by atoms with Crippen molar-refractivity contribution in [2.24, 2.45) is 0 Å². The van der Waals surface area contributed by atoms with E-state index < -0.39 is 5.76 Å². The van der Waals surface area contributed by atoms with Gasteiger partial charge in [0, 0.05) is 26.1 Å². The molecule has 0 bridgehead atoms. The van der Waals surface area contributed by atoms with E-state index in [1.807, 2.05) is 36.4 Å². The molecule has 0 fully saturated rings. The molecule has 0 aliphatic carbocycles. The van der Waals surface area contributed by atoms with Gasteiger partial charge in [-0.25, -0.2) is 9.89 Å². The summed E-state index contributed by atoms with van der Waals surface area (Å²) in [7, 11) is 0. The summed E-state index contributed by atoms with van der Waals surface area (Å²) in [5.74, 6) is -0.0567. The second kappa shape index (κ2) is 7.56. The summed E-state index contributed by atoms with van der Waals surface area (Å²) in [6.07, 6.45) is 0.596. The van der Waals surface area contributed by atoms with Crippen LogP contribution in [0.1, 0.15) is 17.0 Å². The maximum Gasteiger partial charge on any atom is 0.434 e. The van der Waals surface area contributed by atoms with Gasteiger partial charge in [0.05, 0.1) is 0 Å². The van der Waals surface area contributed by atoms with E-state index in [4.69, 9.17) is 4.42 Å². The Morgan fingerprint density at radius 1 is 0.913 bits per heavy atom. The van der Waals surface area contributed by atoms with Gasteiger partial charge in [-0.05, 0) is 11.1 Å². The van der Waals surface area contributed by atoms with Gasteiger partial charge in [-0.1, -0.05) is 60.7 Å². The lowest BCUT2D eigenvalue weighted by Crippen LogP contribution is -2.25. The molecule has 0 amide bonds. The lowest BCUT2D eigenvalue weighted by molar-refractivity contribution is 0.251. The van der Waals surface area contributed by atoms with Crippen LogP contribution >= 0.6 is 0 Å². The molecular weight excluding hydrogens is 290 g/mol. The number of H-pyrrole nitrogens is 1. The fourth-order valence-electron chi connectivity index (χ4n) is 2.52. The first-order valence-corrected chi connectivity index (χ1v) is 7.64. The monoisotopic (exact) mass is 309 g/mol. The maximum atomic E-state index is 11.0. The Hall–Kier alpha value is -2.66. The average Bonchev–Trinajstić information content (AvgIpc) is 3.00. The zero-order chi connectivity index (χ0) is 15.9. The highest BCUT2D eigenvalue weighted by Gasteiger charge is 2.10. The van der Waals surface area contributed by atoms with Gasteiger partial charge in [0.1, 0.15) is 0 Å². The Labute approximate surface area is 134 Å². The van der Waals surface area contributed by atoms with Crippen LogP contribution in [0.15, 0.2) is 69.9 Å². The Morgan fingerprint density at radius 3 is 1.96 bits per heavy atom. The van der Waals surface area contributed by atoms with Crippen LogP contribution in [0.25, 0.3) is 0 Å². The van der Waals surface area contributed by atoms with Gasteiger partial charge in [-0.2, -0.15) is 0 Å². The Kier molecular flexibility index (Phi) is 5.01. The van der Waals surface area contributed by atoms with Gasteiger partial charge in [-0.3, -0.25) is 4.90 Å². The molecule has 23 heavy (non-hydrogen) atoms. The van der Waals surface area contributed by atoms with Gasteiger partial charge in [0.2, 0.25) is 5.89 Å². The Morgan fingerprint density at radius 2 is 1.48 bits per heavy atom. The van der Waals surface area contributed by atoms with E-state index >= 15 is 0 Å². The number of aromatic nitrogens is 2. The van der Waals surface area contributed by atoms with Crippen molar-refractivity contribution in [3.8, 4) is 0 Å². The first kappa shape index (κ1) is 15.2. The summed E-state index contributed by atoms with van der Waals surface area (Å²) in [4.78, 5) is 13.3. The van der Waals surface area contributed by atoms with Crippen molar-refractivity contribution < 1.29 is 4.42 Å². The molecule has 0 saturated carbocycles. The van der Waals surface area contributed by atoms with E-state index in [0.717, 1.165) is 19.6 Å². The van der Waals surface area contributed by atoms with Gasteiger partial charge >= 0.3 is 5.76 Å². The molecule has 0 unspecified atom stereocenters. The largest absolute Gasteiger partial charge is 0.434 e. The molecule has 0 aliphatic rings. The Balaban J connectivity index is 1.68. The molecule has 2 aromatic carbocycles. The first-order chi connectivity index (χ1) is 11.3. The van der Waals surface area contributed by atoms with Crippen LogP contribution < -0.4 is 5.76 Å². The van der Waals surface area contributed by atoms with Crippen LogP contribution in [0.3, 0.4) is 0 Å². The average molecular weight is 309 g/mol. The van der Waals surface area contributed by atoms with Crippen molar-refractivity contribution in [1.82, 2.24) is 15.1 Å². The highest BCUT2D eigenvalue weighted by Crippen LogP contribution is 2.10. The molecule has 0 aliphatic heterocycles. The number of hydrogen-bond acceptors (Lipinski definition) is 4. The van der Waals surface area contributed by atoms with Crippen molar-refractivity contribution in [3.05, 3.63) is 88.2 Å². The number of rotatable bonds is 7. The van der Waals surface area contributed by atoms with Crippen molar-refractivity contribution in [2.75, 3.05) is 6.54 Å².